The lowest BCUT2D eigenvalue weighted by Crippen LogP contribution is -2.45. The van der Waals surface area contributed by atoms with Gasteiger partial charge in [-0.25, -0.2) is 0 Å². The first-order valence-corrected chi connectivity index (χ1v) is 8.17. The van der Waals surface area contributed by atoms with Crippen LogP contribution in [0.3, 0.4) is 0 Å². The molecule has 2 saturated carbocycles. The van der Waals surface area contributed by atoms with Crippen molar-refractivity contribution in [3.63, 3.8) is 0 Å². The zero-order valence-corrected chi connectivity index (χ0v) is 12.3. The van der Waals surface area contributed by atoms with Crippen molar-refractivity contribution < 1.29 is 14.7 Å². The number of hydrogen-bond donors (Lipinski definition) is 2. The Balaban J connectivity index is 1.71. The van der Waals surface area contributed by atoms with Crippen molar-refractivity contribution in [3.05, 3.63) is 0 Å². The van der Waals surface area contributed by atoms with Crippen molar-refractivity contribution in [2.75, 3.05) is 11.5 Å². The molecule has 0 aromatic rings. The Hall–Kier alpha value is -1.22. The molecule has 110 valence electrons. The molecule has 5 nitrogen and oxygen atoms in total. The highest BCUT2D eigenvalue weighted by Gasteiger charge is 2.44. The van der Waals surface area contributed by atoms with Crippen LogP contribution in [0.5, 0.6) is 0 Å². The molecule has 0 radical (unpaired) electrons. The Morgan fingerprint density at radius 2 is 1.90 bits per heavy atom. The summed E-state index contributed by atoms with van der Waals surface area (Å²) in [5.74, 6) is 0.156. The highest BCUT2D eigenvalue weighted by atomic mass is 32.2. The lowest BCUT2D eigenvalue weighted by atomic mass is 10.0. The molecular formula is C14H20N2O3S. The van der Waals surface area contributed by atoms with Crippen molar-refractivity contribution in [1.82, 2.24) is 5.32 Å². The van der Waals surface area contributed by atoms with Gasteiger partial charge in [-0.1, -0.05) is 0 Å². The smallest absolute Gasteiger partial charge is 0.303 e. The van der Waals surface area contributed by atoms with Gasteiger partial charge >= 0.3 is 5.97 Å². The van der Waals surface area contributed by atoms with Crippen LogP contribution < -0.4 is 5.32 Å². The third-order valence-corrected chi connectivity index (χ3v) is 5.46. The molecule has 0 spiro atoms. The Labute approximate surface area is 123 Å². The molecule has 0 atom stereocenters. The van der Waals surface area contributed by atoms with E-state index in [1.807, 2.05) is 0 Å². The van der Waals surface area contributed by atoms with Gasteiger partial charge in [-0.2, -0.15) is 17.0 Å². The van der Waals surface area contributed by atoms with Crippen LogP contribution in [-0.2, 0) is 9.59 Å². The summed E-state index contributed by atoms with van der Waals surface area (Å²) in [7, 11) is 0. The van der Waals surface area contributed by atoms with Gasteiger partial charge in [0.1, 0.15) is 5.54 Å². The molecule has 0 bridgehead atoms. The lowest BCUT2D eigenvalue weighted by molar-refractivity contribution is -0.138. The Kier molecular flexibility index (Phi) is 4.59. The second-order valence-electron chi connectivity index (χ2n) is 6.01. The van der Waals surface area contributed by atoms with Crippen LogP contribution in [-0.4, -0.2) is 34.0 Å². The Bertz CT molecular complexity index is 434. The standard InChI is InChI=1S/C14H20N2O3S/c15-9-14(3-1-2-4-14)16-11(17)8-20-10-13(5-6-13)7-12(18)19/h1-8,10H2,(H,16,17)(H,18,19). The number of carboxylic acids is 1. The minimum Gasteiger partial charge on any atom is -0.481 e. The maximum absolute atomic E-state index is 11.9. The van der Waals surface area contributed by atoms with E-state index in [4.69, 9.17) is 5.11 Å². The largest absolute Gasteiger partial charge is 0.481 e. The van der Waals surface area contributed by atoms with Crippen LogP contribution in [0.25, 0.3) is 0 Å². The van der Waals surface area contributed by atoms with E-state index in [-0.39, 0.29) is 17.7 Å². The summed E-state index contributed by atoms with van der Waals surface area (Å²) in [6, 6.07) is 2.23. The second-order valence-corrected chi connectivity index (χ2v) is 7.00. The highest BCUT2D eigenvalue weighted by molar-refractivity contribution is 7.99. The van der Waals surface area contributed by atoms with Gasteiger partial charge in [0.25, 0.3) is 0 Å². The summed E-state index contributed by atoms with van der Waals surface area (Å²) < 4.78 is 0. The maximum atomic E-state index is 11.9. The third-order valence-electron chi connectivity index (χ3n) is 4.17. The van der Waals surface area contributed by atoms with E-state index in [9.17, 15) is 14.9 Å². The molecular weight excluding hydrogens is 276 g/mol. The van der Waals surface area contributed by atoms with Gasteiger partial charge in [-0.05, 0) is 49.7 Å². The van der Waals surface area contributed by atoms with E-state index in [1.165, 1.54) is 11.8 Å². The topological polar surface area (TPSA) is 90.2 Å². The number of carbonyl (C=O) groups excluding carboxylic acids is 1. The molecule has 0 heterocycles. The van der Waals surface area contributed by atoms with Gasteiger partial charge < -0.3 is 10.4 Å². The number of rotatable bonds is 7. The summed E-state index contributed by atoms with van der Waals surface area (Å²) in [5.41, 5.74) is -0.743. The molecule has 6 heteroatoms. The van der Waals surface area contributed by atoms with Crippen LogP contribution in [0.2, 0.25) is 0 Å². The van der Waals surface area contributed by atoms with E-state index >= 15 is 0 Å². The SMILES string of the molecule is N#CC1(NC(=O)CSCC2(CC(=O)O)CC2)CCCC1. The first kappa shape index (κ1) is 15.2. The van der Waals surface area contributed by atoms with Crippen molar-refractivity contribution >= 4 is 23.6 Å². The van der Waals surface area contributed by atoms with Gasteiger partial charge in [0.05, 0.1) is 18.2 Å². The molecule has 2 rings (SSSR count). The number of carbonyl (C=O) groups is 2. The number of hydrogen-bond acceptors (Lipinski definition) is 4. The molecule has 2 N–H and O–H groups in total. The van der Waals surface area contributed by atoms with E-state index < -0.39 is 11.5 Å². The fourth-order valence-corrected chi connectivity index (χ4v) is 3.96. The van der Waals surface area contributed by atoms with E-state index in [0.717, 1.165) is 38.5 Å². The van der Waals surface area contributed by atoms with E-state index in [2.05, 4.69) is 11.4 Å². The van der Waals surface area contributed by atoms with E-state index in [1.54, 1.807) is 0 Å². The maximum Gasteiger partial charge on any atom is 0.303 e. The molecule has 1 amide bonds. The van der Waals surface area contributed by atoms with Crippen LogP contribution in [0.15, 0.2) is 0 Å². The van der Waals surface area contributed by atoms with Gasteiger partial charge in [0.15, 0.2) is 0 Å². The summed E-state index contributed by atoms with van der Waals surface area (Å²) in [6.07, 6.45) is 5.53. The van der Waals surface area contributed by atoms with Gasteiger partial charge in [-0.15, -0.1) is 0 Å². The first-order chi connectivity index (χ1) is 9.49. The predicted octanol–water partition coefficient (Wildman–Crippen LogP) is 1.93. The number of thioether (sulfide) groups is 1. The molecule has 0 saturated heterocycles. The number of amides is 1. The molecule has 0 aliphatic heterocycles. The predicted molar refractivity (Wildman–Crippen MR) is 76.2 cm³/mol. The second kappa shape index (κ2) is 6.04. The van der Waals surface area contributed by atoms with Crippen molar-refractivity contribution in [2.45, 2.75) is 50.5 Å². The van der Waals surface area contributed by atoms with Crippen molar-refractivity contribution in [1.29, 1.82) is 5.26 Å². The molecule has 2 aliphatic carbocycles. The Morgan fingerprint density at radius 3 is 2.40 bits per heavy atom. The summed E-state index contributed by atoms with van der Waals surface area (Å²) in [4.78, 5) is 22.6. The summed E-state index contributed by atoms with van der Waals surface area (Å²) in [5, 5.41) is 20.9. The molecule has 0 aromatic heterocycles. The van der Waals surface area contributed by atoms with Crippen molar-refractivity contribution in [3.8, 4) is 6.07 Å². The zero-order valence-electron chi connectivity index (χ0n) is 11.5. The number of aliphatic carboxylic acids is 1. The van der Waals surface area contributed by atoms with Crippen LogP contribution in [0, 0.1) is 16.7 Å². The number of nitrogens with one attached hydrogen (secondary N) is 1. The van der Waals surface area contributed by atoms with Gasteiger partial charge in [0, 0.05) is 0 Å². The molecule has 2 fully saturated rings. The number of nitrogens with zero attached hydrogens (tertiary/aromatic N) is 1. The first-order valence-electron chi connectivity index (χ1n) is 7.01. The average Bonchev–Trinajstić information content (AvgIpc) is 2.97. The minimum absolute atomic E-state index is 0.0863. The lowest BCUT2D eigenvalue weighted by Gasteiger charge is -2.22. The number of nitriles is 1. The third kappa shape index (κ3) is 3.89. The molecule has 2 aliphatic rings. The summed E-state index contributed by atoms with van der Waals surface area (Å²) in [6.45, 7) is 0. The quantitative estimate of drug-likeness (QED) is 0.749. The highest BCUT2D eigenvalue weighted by Crippen LogP contribution is 2.50. The Morgan fingerprint density at radius 1 is 1.25 bits per heavy atom. The fourth-order valence-electron chi connectivity index (χ4n) is 2.78. The minimum atomic E-state index is -0.762. The normalized spacial score (nSPS) is 21.9. The van der Waals surface area contributed by atoms with Crippen LogP contribution >= 0.6 is 11.8 Å². The fraction of sp³-hybridized carbons (Fsp3) is 0.786. The van der Waals surface area contributed by atoms with Gasteiger partial charge in [-0.3, -0.25) is 9.59 Å². The summed E-state index contributed by atoms with van der Waals surface area (Å²) >= 11 is 1.48. The molecule has 20 heavy (non-hydrogen) atoms. The van der Waals surface area contributed by atoms with Crippen LogP contribution in [0.1, 0.15) is 44.9 Å². The monoisotopic (exact) mass is 296 g/mol. The number of carboxylic acid groups (broad SMARTS) is 1. The average molecular weight is 296 g/mol. The molecule has 0 unspecified atom stereocenters. The zero-order chi connectivity index (χ0) is 14.6. The van der Waals surface area contributed by atoms with Crippen LogP contribution in [0.4, 0.5) is 0 Å². The molecule has 0 aromatic carbocycles. The van der Waals surface area contributed by atoms with Gasteiger partial charge in [0.2, 0.25) is 5.91 Å². The van der Waals surface area contributed by atoms with E-state index in [0.29, 0.717) is 11.5 Å². The van der Waals surface area contributed by atoms with Crippen molar-refractivity contribution in [2.24, 2.45) is 5.41 Å².